The second kappa shape index (κ2) is 7.24. The zero-order valence-electron chi connectivity index (χ0n) is 12.9. The van der Waals surface area contributed by atoms with E-state index in [1.54, 1.807) is 0 Å². The molecule has 2 aromatic carbocycles. The summed E-state index contributed by atoms with van der Waals surface area (Å²) in [4.78, 5) is 2.57. The van der Waals surface area contributed by atoms with Crippen molar-refractivity contribution in [2.75, 3.05) is 13.1 Å². The lowest BCUT2D eigenvalue weighted by Crippen LogP contribution is -2.37. The van der Waals surface area contributed by atoms with E-state index in [-0.39, 0.29) is 0 Å². The van der Waals surface area contributed by atoms with E-state index in [1.807, 2.05) is 0 Å². The molecule has 0 N–H and O–H groups in total. The van der Waals surface area contributed by atoms with Crippen LogP contribution < -0.4 is 0 Å². The summed E-state index contributed by atoms with van der Waals surface area (Å²) in [6, 6.07) is 24.2. The van der Waals surface area contributed by atoms with Gasteiger partial charge in [-0.2, -0.15) is 5.26 Å². The molecule has 1 heterocycles. The topological polar surface area (TPSA) is 27.0 Å². The Hall–Kier alpha value is -2.11. The number of hydrogen-bond donors (Lipinski definition) is 0. The molecule has 22 heavy (non-hydrogen) atoms. The Morgan fingerprint density at radius 1 is 0.909 bits per heavy atom. The number of benzene rings is 2. The van der Waals surface area contributed by atoms with Crippen LogP contribution in [-0.2, 0) is 0 Å². The highest BCUT2D eigenvalue weighted by Crippen LogP contribution is 2.32. The van der Waals surface area contributed by atoms with Gasteiger partial charge in [-0.15, -0.1) is 0 Å². The lowest BCUT2D eigenvalue weighted by atomic mass is 9.90. The van der Waals surface area contributed by atoms with E-state index in [4.69, 9.17) is 5.26 Å². The van der Waals surface area contributed by atoms with Gasteiger partial charge in [-0.3, -0.25) is 4.90 Å². The lowest BCUT2D eigenvalue weighted by molar-refractivity contribution is 0.152. The molecule has 0 amide bonds. The summed E-state index contributed by atoms with van der Waals surface area (Å²) in [5, 5.41) is 8.89. The van der Waals surface area contributed by atoms with Crippen molar-refractivity contribution in [1.82, 2.24) is 4.90 Å². The third-order valence-corrected chi connectivity index (χ3v) is 4.62. The molecule has 0 spiro atoms. The molecule has 0 saturated carbocycles. The van der Waals surface area contributed by atoms with Crippen LogP contribution in [0, 0.1) is 17.2 Å². The molecule has 3 rings (SSSR count). The summed E-state index contributed by atoms with van der Waals surface area (Å²) in [6.07, 6.45) is 2.96. The maximum Gasteiger partial charge on any atom is 0.0624 e. The monoisotopic (exact) mass is 290 g/mol. The molecule has 1 aliphatic rings. The van der Waals surface area contributed by atoms with E-state index in [1.165, 1.54) is 11.1 Å². The molecule has 0 bridgehead atoms. The summed E-state index contributed by atoms with van der Waals surface area (Å²) >= 11 is 0. The molecule has 0 aliphatic carbocycles. The largest absolute Gasteiger partial charge is 0.292 e. The first-order chi connectivity index (χ1) is 10.9. The maximum atomic E-state index is 8.89. The molecular formula is C20H22N2. The van der Waals surface area contributed by atoms with Crippen LogP contribution in [0.15, 0.2) is 60.7 Å². The predicted molar refractivity (Wildman–Crippen MR) is 89.3 cm³/mol. The number of likely N-dealkylation sites (tertiary alicyclic amines) is 1. The molecule has 0 radical (unpaired) electrons. The van der Waals surface area contributed by atoms with Gasteiger partial charge in [0.1, 0.15) is 0 Å². The van der Waals surface area contributed by atoms with Crippen molar-refractivity contribution in [3.8, 4) is 6.07 Å². The zero-order chi connectivity index (χ0) is 15.2. The smallest absolute Gasteiger partial charge is 0.0624 e. The Bertz CT molecular complexity index is 568. The van der Waals surface area contributed by atoms with Crippen molar-refractivity contribution in [1.29, 1.82) is 5.26 Å². The van der Waals surface area contributed by atoms with Gasteiger partial charge in [-0.25, -0.2) is 0 Å². The molecule has 1 aliphatic heterocycles. The van der Waals surface area contributed by atoms with E-state index < -0.39 is 0 Å². The lowest BCUT2D eigenvalue weighted by Gasteiger charge is -2.37. The van der Waals surface area contributed by atoms with E-state index in [0.717, 1.165) is 25.9 Å². The predicted octanol–water partition coefficient (Wildman–Crippen LogP) is 4.40. The summed E-state index contributed by atoms with van der Waals surface area (Å²) in [5.74, 6) is 0.577. The SMILES string of the molecule is N#CCC1CCN(C(c2ccccc2)c2ccccc2)CC1. The first kappa shape index (κ1) is 14.8. The van der Waals surface area contributed by atoms with E-state index in [9.17, 15) is 0 Å². The Labute approximate surface area is 133 Å². The molecule has 1 fully saturated rings. The highest BCUT2D eigenvalue weighted by atomic mass is 15.2. The fraction of sp³-hybridized carbons (Fsp3) is 0.350. The average molecular weight is 290 g/mol. The fourth-order valence-corrected chi connectivity index (χ4v) is 3.43. The third kappa shape index (κ3) is 3.37. The fourth-order valence-electron chi connectivity index (χ4n) is 3.43. The Balaban J connectivity index is 1.83. The van der Waals surface area contributed by atoms with E-state index >= 15 is 0 Å². The molecule has 112 valence electrons. The van der Waals surface area contributed by atoms with Crippen molar-refractivity contribution in [3.63, 3.8) is 0 Å². The number of piperidine rings is 1. The normalized spacial score (nSPS) is 16.5. The minimum Gasteiger partial charge on any atom is -0.292 e. The summed E-state index contributed by atoms with van der Waals surface area (Å²) in [5.41, 5.74) is 2.71. The van der Waals surface area contributed by atoms with Crippen molar-refractivity contribution in [3.05, 3.63) is 71.8 Å². The minimum absolute atomic E-state index is 0.324. The van der Waals surface area contributed by atoms with Crippen LogP contribution in [0.2, 0.25) is 0 Å². The van der Waals surface area contributed by atoms with Crippen LogP contribution in [0.3, 0.4) is 0 Å². The zero-order valence-corrected chi connectivity index (χ0v) is 12.9. The molecule has 0 aromatic heterocycles. The number of nitrogens with zero attached hydrogens (tertiary/aromatic N) is 2. The second-order valence-electron chi connectivity index (χ2n) is 6.07. The summed E-state index contributed by atoms with van der Waals surface area (Å²) < 4.78 is 0. The van der Waals surface area contributed by atoms with Crippen molar-refractivity contribution in [2.24, 2.45) is 5.92 Å². The van der Waals surface area contributed by atoms with Crippen LogP contribution >= 0.6 is 0 Å². The van der Waals surface area contributed by atoms with Gasteiger partial charge in [0, 0.05) is 6.42 Å². The first-order valence-electron chi connectivity index (χ1n) is 8.09. The molecule has 1 saturated heterocycles. The highest BCUT2D eigenvalue weighted by Gasteiger charge is 2.26. The van der Waals surface area contributed by atoms with Gasteiger partial charge in [0.15, 0.2) is 0 Å². The maximum absolute atomic E-state index is 8.89. The summed E-state index contributed by atoms with van der Waals surface area (Å²) in [7, 11) is 0. The second-order valence-corrected chi connectivity index (χ2v) is 6.07. The van der Waals surface area contributed by atoms with Gasteiger partial charge in [-0.1, -0.05) is 60.7 Å². The van der Waals surface area contributed by atoms with Gasteiger partial charge in [0.25, 0.3) is 0 Å². The Kier molecular flexibility index (Phi) is 4.88. The number of hydrogen-bond acceptors (Lipinski definition) is 2. The molecule has 2 aromatic rings. The van der Waals surface area contributed by atoms with Gasteiger partial charge in [0.05, 0.1) is 12.1 Å². The average Bonchev–Trinajstić information content (AvgIpc) is 2.59. The summed E-state index contributed by atoms with van der Waals surface area (Å²) in [6.45, 7) is 2.14. The molecule has 0 unspecified atom stereocenters. The van der Waals surface area contributed by atoms with Gasteiger partial charge >= 0.3 is 0 Å². The molecule has 0 atom stereocenters. The van der Waals surface area contributed by atoms with E-state index in [2.05, 4.69) is 71.6 Å². The van der Waals surface area contributed by atoms with Crippen molar-refractivity contribution >= 4 is 0 Å². The van der Waals surface area contributed by atoms with Crippen LogP contribution in [0.25, 0.3) is 0 Å². The van der Waals surface area contributed by atoms with Crippen LogP contribution in [0.1, 0.15) is 36.4 Å². The molecule has 2 heteroatoms. The third-order valence-electron chi connectivity index (χ3n) is 4.62. The minimum atomic E-state index is 0.324. The standard InChI is InChI=1S/C20H22N2/c21-14-11-17-12-15-22(16-13-17)20(18-7-3-1-4-8-18)19-9-5-2-6-10-19/h1-10,17,20H,11-13,15-16H2. The Morgan fingerprint density at radius 2 is 1.41 bits per heavy atom. The van der Waals surface area contributed by atoms with Gasteiger partial charge < -0.3 is 0 Å². The number of nitriles is 1. The van der Waals surface area contributed by atoms with Crippen LogP contribution in [-0.4, -0.2) is 18.0 Å². The van der Waals surface area contributed by atoms with Gasteiger partial charge in [-0.05, 0) is 43.0 Å². The Morgan fingerprint density at radius 3 is 1.86 bits per heavy atom. The van der Waals surface area contributed by atoms with E-state index in [0.29, 0.717) is 18.4 Å². The van der Waals surface area contributed by atoms with Crippen molar-refractivity contribution < 1.29 is 0 Å². The molecule has 2 nitrogen and oxygen atoms in total. The molecular weight excluding hydrogens is 268 g/mol. The van der Waals surface area contributed by atoms with Crippen LogP contribution in [0.4, 0.5) is 0 Å². The van der Waals surface area contributed by atoms with Gasteiger partial charge in [0.2, 0.25) is 0 Å². The van der Waals surface area contributed by atoms with Crippen LogP contribution in [0.5, 0.6) is 0 Å². The quantitative estimate of drug-likeness (QED) is 0.834. The number of rotatable bonds is 4. The first-order valence-corrected chi connectivity index (χ1v) is 8.09. The van der Waals surface area contributed by atoms with Crippen molar-refractivity contribution in [2.45, 2.75) is 25.3 Å². The highest BCUT2D eigenvalue weighted by molar-refractivity contribution is 5.31.